The highest BCUT2D eigenvalue weighted by molar-refractivity contribution is 5.85. The van der Waals surface area contributed by atoms with Gasteiger partial charge in [-0.3, -0.25) is 9.59 Å². The molecule has 0 radical (unpaired) electrons. The fourth-order valence-electron chi connectivity index (χ4n) is 9.74. The van der Waals surface area contributed by atoms with E-state index in [1.54, 1.807) is 0 Å². The van der Waals surface area contributed by atoms with Crippen LogP contribution in [0.15, 0.2) is 23.8 Å². The third-order valence-electron chi connectivity index (χ3n) is 11.9. The standard InChI is InChI=1S/C30H44O4/c1-17(2)22-10-8-18(26(33)34-22)25-21(31)16-30(7)20-9-11-23-27(3,4)24(32)13-14-28(23,5)19(20)12-15-29(25,30)6/h9,18-19,21-23,25,31H,1,8,10-16H2,2-7H3/t18-,19+,21+,22-,23+,25-,28-,29+,30-/m1/s1. The monoisotopic (exact) mass is 468 g/mol. The van der Waals surface area contributed by atoms with Gasteiger partial charge in [0.1, 0.15) is 11.9 Å². The number of aliphatic hydroxyl groups is 1. The Hall–Kier alpha value is -1.42. The number of ketones is 1. The number of cyclic esters (lactones) is 1. The highest BCUT2D eigenvalue weighted by Gasteiger charge is 2.68. The second kappa shape index (κ2) is 7.54. The van der Waals surface area contributed by atoms with Crippen molar-refractivity contribution in [2.24, 2.45) is 45.3 Å². The summed E-state index contributed by atoms with van der Waals surface area (Å²) in [5.74, 6) is 0.777. The average molecular weight is 469 g/mol. The first-order chi connectivity index (χ1) is 15.8. The summed E-state index contributed by atoms with van der Waals surface area (Å²) >= 11 is 0. The van der Waals surface area contributed by atoms with E-state index in [0.29, 0.717) is 30.5 Å². The molecule has 9 atom stereocenters. The van der Waals surface area contributed by atoms with Gasteiger partial charge >= 0.3 is 5.97 Å². The van der Waals surface area contributed by atoms with E-state index in [9.17, 15) is 14.7 Å². The highest BCUT2D eigenvalue weighted by Crippen LogP contribution is 2.73. The van der Waals surface area contributed by atoms with Crippen molar-refractivity contribution in [3.8, 4) is 0 Å². The normalized spacial score (nSPS) is 49.9. The first-order valence-corrected chi connectivity index (χ1v) is 13.5. The van der Waals surface area contributed by atoms with Gasteiger partial charge in [-0.15, -0.1) is 0 Å². The highest BCUT2D eigenvalue weighted by atomic mass is 16.5. The van der Waals surface area contributed by atoms with Crippen molar-refractivity contribution in [2.75, 3.05) is 0 Å². The lowest BCUT2D eigenvalue weighted by Gasteiger charge is -2.63. The number of carbonyl (C=O) groups excluding carboxylic acids is 2. The summed E-state index contributed by atoms with van der Waals surface area (Å²) in [6.07, 6.45) is 8.74. The Balaban J connectivity index is 1.50. The van der Waals surface area contributed by atoms with Crippen LogP contribution in [0.1, 0.15) is 92.9 Å². The summed E-state index contributed by atoms with van der Waals surface area (Å²) in [5.41, 5.74) is 1.98. The number of esters is 1. The molecule has 4 heteroatoms. The molecule has 4 nitrogen and oxygen atoms in total. The molecule has 1 heterocycles. The van der Waals surface area contributed by atoms with Gasteiger partial charge in [0.15, 0.2) is 0 Å². The fraction of sp³-hybridized carbons (Fsp3) is 0.800. The van der Waals surface area contributed by atoms with Gasteiger partial charge in [-0.1, -0.05) is 52.8 Å². The molecule has 5 rings (SSSR count). The van der Waals surface area contributed by atoms with Gasteiger partial charge in [0.05, 0.1) is 12.0 Å². The molecule has 5 aliphatic rings. The lowest BCUT2D eigenvalue weighted by atomic mass is 9.41. The Kier molecular flexibility index (Phi) is 5.39. The Morgan fingerprint density at radius 1 is 1.09 bits per heavy atom. The van der Waals surface area contributed by atoms with Crippen LogP contribution >= 0.6 is 0 Å². The topological polar surface area (TPSA) is 63.6 Å². The molecule has 1 aliphatic heterocycles. The van der Waals surface area contributed by atoms with Crippen LogP contribution in [0.2, 0.25) is 0 Å². The van der Waals surface area contributed by atoms with Crippen molar-refractivity contribution in [2.45, 2.75) is 105 Å². The maximum Gasteiger partial charge on any atom is 0.309 e. The average Bonchev–Trinajstić information content (AvgIpc) is 2.96. The van der Waals surface area contributed by atoms with Gasteiger partial charge < -0.3 is 9.84 Å². The number of rotatable bonds is 2. The lowest BCUT2D eigenvalue weighted by molar-refractivity contribution is -0.167. The molecule has 34 heavy (non-hydrogen) atoms. The number of allylic oxidation sites excluding steroid dienone is 2. The molecule has 4 aliphatic carbocycles. The first-order valence-electron chi connectivity index (χ1n) is 13.5. The van der Waals surface area contributed by atoms with Gasteiger partial charge in [0.2, 0.25) is 0 Å². The maximum absolute atomic E-state index is 13.2. The molecule has 0 spiro atoms. The zero-order valence-electron chi connectivity index (χ0n) is 22.1. The zero-order valence-corrected chi connectivity index (χ0v) is 22.1. The third kappa shape index (κ3) is 2.99. The smallest absolute Gasteiger partial charge is 0.309 e. The van der Waals surface area contributed by atoms with E-state index in [4.69, 9.17) is 4.74 Å². The first kappa shape index (κ1) is 24.3. The Morgan fingerprint density at radius 2 is 1.79 bits per heavy atom. The van der Waals surface area contributed by atoms with Crippen LogP contribution < -0.4 is 0 Å². The van der Waals surface area contributed by atoms with E-state index in [0.717, 1.165) is 44.1 Å². The minimum absolute atomic E-state index is 0.0761. The summed E-state index contributed by atoms with van der Waals surface area (Å²) in [6.45, 7) is 17.4. The summed E-state index contributed by atoms with van der Waals surface area (Å²) in [7, 11) is 0. The van der Waals surface area contributed by atoms with Crippen molar-refractivity contribution in [1.29, 1.82) is 0 Å². The van der Waals surface area contributed by atoms with Gasteiger partial charge in [0.25, 0.3) is 0 Å². The van der Waals surface area contributed by atoms with Gasteiger partial charge in [-0.2, -0.15) is 0 Å². The molecule has 0 aromatic rings. The van der Waals surface area contributed by atoms with E-state index >= 15 is 0 Å². The van der Waals surface area contributed by atoms with Crippen molar-refractivity contribution >= 4 is 11.8 Å². The summed E-state index contributed by atoms with van der Waals surface area (Å²) in [6, 6.07) is 0. The molecule has 1 N–H and O–H groups in total. The number of Topliss-reactive ketones (excluding diaryl/α,β-unsaturated/α-hetero) is 1. The maximum atomic E-state index is 13.2. The van der Waals surface area contributed by atoms with E-state index in [1.165, 1.54) is 5.57 Å². The van der Waals surface area contributed by atoms with Crippen LogP contribution in [0.5, 0.6) is 0 Å². The number of carbonyl (C=O) groups is 2. The molecule has 4 fully saturated rings. The largest absolute Gasteiger partial charge is 0.458 e. The predicted octanol–water partition coefficient (Wildman–Crippen LogP) is 6.03. The molecule has 0 aromatic heterocycles. The SMILES string of the molecule is C=C(C)[C@H]1CC[C@H]([C@@H]2[C@@H](O)C[C@]3(C)C4=CC[C@H]5C(C)(C)C(=O)CC[C@]5(C)[C@H]4CC[C@@]23C)C(=O)O1. The Labute approximate surface area is 205 Å². The molecule has 0 bridgehead atoms. The molecule has 3 saturated carbocycles. The van der Waals surface area contributed by atoms with Crippen molar-refractivity contribution < 1.29 is 19.4 Å². The quantitative estimate of drug-likeness (QED) is 0.397. The number of ether oxygens (including phenoxy) is 1. The zero-order chi connectivity index (χ0) is 24.8. The molecule has 188 valence electrons. The molecule has 0 aromatic carbocycles. The summed E-state index contributed by atoms with van der Waals surface area (Å²) in [4.78, 5) is 26.0. The van der Waals surface area contributed by atoms with E-state index < -0.39 is 6.10 Å². The van der Waals surface area contributed by atoms with Crippen molar-refractivity contribution in [3.63, 3.8) is 0 Å². The molecular formula is C30H44O4. The van der Waals surface area contributed by atoms with E-state index in [2.05, 4.69) is 47.3 Å². The molecular weight excluding hydrogens is 424 g/mol. The van der Waals surface area contributed by atoms with E-state index in [-0.39, 0.29) is 45.6 Å². The van der Waals surface area contributed by atoms with Crippen LogP contribution in [0.25, 0.3) is 0 Å². The summed E-state index contributed by atoms with van der Waals surface area (Å²) < 4.78 is 5.81. The Bertz CT molecular complexity index is 961. The second-order valence-electron chi connectivity index (χ2n) is 13.7. The van der Waals surface area contributed by atoms with Gasteiger partial charge in [-0.05, 0) is 85.5 Å². The third-order valence-corrected chi connectivity index (χ3v) is 11.9. The van der Waals surface area contributed by atoms with Crippen molar-refractivity contribution in [3.05, 3.63) is 23.8 Å². The molecule has 0 unspecified atom stereocenters. The van der Waals surface area contributed by atoms with Crippen LogP contribution in [-0.2, 0) is 14.3 Å². The van der Waals surface area contributed by atoms with Crippen molar-refractivity contribution in [1.82, 2.24) is 0 Å². The van der Waals surface area contributed by atoms with Crippen LogP contribution in [-0.4, -0.2) is 29.1 Å². The molecule has 0 amide bonds. The lowest BCUT2D eigenvalue weighted by Crippen LogP contribution is -2.57. The van der Waals surface area contributed by atoms with Crippen LogP contribution in [0.3, 0.4) is 0 Å². The minimum atomic E-state index is -0.497. The fourth-order valence-corrected chi connectivity index (χ4v) is 9.74. The second-order valence-corrected chi connectivity index (χ2v) is 13.7. The number of hydrogen-bond donors (Lipinski definition) is 1. The van der Waals surface area contributed by atoms with Gasteiger partial charge in [-0.25, -0.2) is 0 Å². The minimum Gasteiger partial charge on any atom is -0.458 e. The number of aliphatic hydroxyl groups excluding tert-OH is 1. The number of fused-ring (bicyclic) bond motifs is 5. The Morgan fingerprint density at radius 3 is 2.44 bits per heavy atom. The molecule has 1 saturated heterocycles. The van der Waals surface area contributed by atoms with E-state index in [1.807, 2.05) is 6.92 Å². The number of hydrogen-bond acceptors (Lipinski definition) is 4. The summed E-state index contributed by atoms with van der Waals surface area (Å²) in [5, 5.41) is 11.5. The van der Waals surface area contributed by atoms with Gasteiger partial charge in [0, 0.05) is 17.8 Å². The predicted molar refractivity (Wildman–Crippen MR) is 133 cm³/mol. The van der Waals surface area contributed by atoms with Crippen LogP contribution in [0, 0.1) is 45.3 Å². The van der Waals surface area contributed by atoms with Crippen LogP contribution in [0.4, 0.5) is 0 Å².